The highest BCUT2D eigenvalue weighted by Gasteiger charge is 2.51. The number of pyridine rings is 1. The van der Waals surface area contributed by atoms with Crippen molar-refractivity contribution in [3.8, 4) is 66.8 Å². The summed E-state index contributed by atoms with van der Waals surface area (Å²) in [5, 5.41) is 0. The molecular weight excluding hydrogens is 785 g/mol. The number of anilines is 3. The Balaban J connectivity index is 1.06. The van der Waals surface area contributed by atoms with E-state index in [4.69, 9.17) is 4.98 Å². The van der Waals surface area contributed by atoms with Crippen LogP contribution in [0.1, 0.15) is 47.2 Å². The Morgan fingerprint density at radius 3 is 1.45 bits per heavy atom. The molecule has 3 aliphatic rings. The first-order chi connectivity index (χ1) is 32.0. The second-order valence-corrected chi connectivity index (χ2v) is 18.2. The SMILES string of the molecule is CC1(C)c2ccccc2-c2c(-c3ccc(N(c4ccc5c(c4)C4(c6ccccc6-c6ccccc64)c4ccccc4-5)c4cccc(-c5ccccc5)c4-c4ccccc4)nc3)cccc21. The van der Waals surface area contributed by atoms with Crippen LogP contribution >= 0.6 is 0 Å². The van der Waals surface area contributed by atoms with Crippen LogP contribution in [0.3, 0.4) is 0 Å². The average molecular weight is 829 g/mol. The minimum Gasteiger partial charge on any atom is -0.294 e. The van der Waals surface area contributed by atoms with Gasteiger partial charge in [-0.2, -0.15) is 0 Å². The van der Waals surface area contributed by atoms with E-state index in [-0.39, 0.29) is 5.41 Å². The molecular formula is C63H44N2. The van der Waals surface area contributed by atoms with E-state index in [1.165, 1.54) is 83.5 Å². The lowest BCUT2D eigenvalue weighted by atomic mass is 9.70. The number of fused-ring (bicyclic) bond motifs is 13. The predicted molar refractivity (Wildman–Crippen MR) is 269 cm³/mol. The lowest BCUT2D eigenvalue weighted by Gasteiger charge is -2.32. The molecule has 0 aliphatic heterocycles. The Kier molecular flexibility index (Phi) is 8.20. The van der Waals surface area contributed by atoms with Crippen molar-refractivity contribution in [2.24, 2.45) is 0 Å². The van der Waals surface area contributed by atoms with Crippen LogP contribution in [0, 0.1) is 0 Å². The van der Waals surface area contributed by atoms with Crippen molar-refractivity contribution in [2.75, 3.05) is 4.90 Å². The molecule has 1 aromatic heterocycles. The molecule has 2 heteroatoms. The minimum absolute atomic E-state index is 0.0886. The molecule has 0 atom stereocenters. The van der Waals surface area contributed by atoms with E-state index in [0.717, 1.165) is 33.9 Å². The molecule has 1 heterocycles. The number of hydrogen-bond donors (Lipinski definition) is 0. The van der Waals surface area contributed by atoms with Gasteiger partial charge in [-0.15, -0.1) is 0 Å². The first-order valence-electron chi connectivity index (χ1n) is 22.7. The Morgan fingerprint density at radius 1 is 0.338 bits per heavy atom. The fraction of sp³-hybridized carbons (Fsp3) is 0.0635. The highest BCUT2D eigenvalue weighted by atomic mass is 15.2. The quantitative estimate of drug-likeness (QED) is 0.166. The molecule has 13 rings (SSSR count). The van der Waals surface area contributed by atoms with Crippen LogP contribution in [0.25, 0.3) is 66.8 Å². The van der Waals surface area contributed by atoms with Crippen molar-refractivity contribution in [1.29, 1.82) is 0 Å². The third-order valence-corrected chi connectivity index (χ3v) is 14.6. The van der Waals surface area contributed by atoms with Gasteiger partial charge in [0.15, 0.2) is 0 Å². The maximum Gasteiger partial charge on any atom is 0.137 e. The molecule has 306 valence electrons. The van der Waals surface area contributed by atoms with Crippen molar-refractivity contribution in [2.45, 2.75) is 24.7 Å². The summed E-state index contributed by atoms with van der Waals surface area (Å²) >= 11 is 0. The van der Waals surface area contributed by atoms with Gasteiger partial charge in [0, 0.05) is 28.4 Å². The van der Waals surface area contributed by atoms with E-state index < -0.39 is 5.41 Å². The van der Waals surface area contributed by atoms with Crippen LogP contribution in [0.4, 0.5) is 17.2 Å². The van der Waals surface area contributed by atoms with Gasteiger partial charge < -0.3 is 0 Å². The summed E-state index contributed by atoms with van der Waals surface area (Å²) in [6.45, 7) is 4.69. The third-order valence-electron chi connectivity index (χ3n) is 14.6. The van der Waals surface area contributed by atoms with Gasteiger partial charge in [-0.1, -0.05) is 208 Å². The van der Waals surface area contributed by atoms with E-state index in [1.54, 1.807) is 0 Å². The summed E-state index contributed by atoms with van der Waals surface area (Å²) in [6, 6.07) is 82.8. The zero-order valence-electron chi connectivity index (χ0n) is 36.3. The Morgan fingerprint density at radius 2 is 0.831 bits per heavy atom. The molecule has 0 N–H and O–H groups in total. The standard InChI is InChI=1S/C63H44N2/c1-62(2)52-29-13-12-26-51(52)61-46(27-17-33-56(61)62)43-35-38-59(64-40-43)65(58-34-18-28-45(41-19-5-3-6-20-41)60(58)42-21-7-4-8-22-42)44-36-37-50-49-25-11-16-32-55(49)63(57(50)39-44)53-30-14-9-23-47(53)48-24-10-15-31-54(48)63/h3-40H,1-2H3. The van der Waals surface area contributed by atoms with Gasteiger partial charge in [0.2, 0.25) is 0 Å². The Hall–Kier alpha value is -8.07. The number of benzene rings is 9. The fourth-order valence-corrected chi connectivity index (χ4v) is 11.8. The molecule has 9 aromatic carbocycles. The number of aromatic nitrogens is 1. The van der Waals surface area contributed by atoms with Gasteiger partial charge in [0.25, 0.3) is 0 Å². The lowest BCUT2D eigenvalue weighted by Crippen LogP contribution is -2.26. The topological polar surface area (TPSA) is 16.1 Å². The second kappa shape index (κ2) is 14.2. The van der Waals surface area contributed by atoms with Crippen LogP contribution in [-0.4, -0.2) is 4.98 Å². The zero-order valence-corrected chi connectivity index (χ0v) is 36.3. The van der Waals surface area contributed by atoms with Gasteiger partial charge >= 0.3 is 0 Å². The molecule has 0 saturated carbocycles. The predicted octanol–water partition coefficient (Wildman–Crippen LogP) is 16.2. The molecule has 0 fully saturated rings. The van der Waals surface area contributed by atoms with Crippen LogP contribution < -0.4 is 4.90 Å². The van der Waals surface area contributed by atoms with Crippen molar-refractivity contribution in [3.63, 3.8) is 0 Å². The van der Waals surface area contributed by atoms with Gasteiger partial charge in [-0.05, 0) is 119 Å². The second-order valence-electron chi connectivity index (χ2n) is 18.2. The maximum absolute atomic E-state index is 5.48. The molecule has 0 saturated heterocycles. The van der Waals surface area contributed by atoms with E-state index in [2.05, 4.69) is 249 Å². The summed E-state index contributed by atoms with van der Waals surface area (Å²) in [4.78, 5) is 7.88. The van der Waals surface area contributed by atoms with E-state index in [9.17, 15) is 0 Å². The largest absolute Gasteiger partial charge is 0.294 e. The average Bonchev–Trinajstić information content (AvgIpc) is 3.93. The Labute approximate surface area is 380 Å². The summed E-state index contributed by atoms with van der Waals surface area (Å²) in [7, 11) is 0. The molecule has 0 radical (unpaired) electrons. The molecule has 10 aromatic rings. The van der Waals surface area contributed by atoms with Crippen LogP contribution in [0.2, 0.25) is 0 Å². The molecule has 0 bridgehead atoms. The van der Waals surface area contributed by atoms with E-state index >= 15 is 0 Å². The number of rotatable bonds is 6. The third kappa shape index (κ3) is 5.32. The van der Waals surface area contributed by atoms with Gasteiger partial charge in [-0.3, -0.25) is 4.90 Å². The molecule has 0 amide bonds. The smallest absolute Gasteiger partial charge is 0.137 e. The van der Waals surface area contributed by atoms with Crippen LogP contribution in [0.5, 0.6) is 0 Å². The van der Waals surface area contributed by atoms with Crippen molar-refractivity contribution in [1.82, 2.24) is 4.98 Å². The monoisotopic (exact) mass is 828 g/mol. The summed E-state index contributed by atoms with van der Waals surface area (Å²) in [5.74, 6) is 0.848. The number of nitrogens with zero attached hydrogens (tertiary/aromatic N) is 2. The van der Waals surface area contributed by atoms with Crippen molar-refractivity contribution >= 4 is 17.2 Å². The normalized spacial score (nSPS) is 13.9. The molecule has 0 unspecified atom stereocenters. The highest BCUT2D eigenvalue weighted by molar-refractivity contribution is 6.00. The molecule has 3 aliphatic carbocycles. The molecule has 1 spiro atoms. The summed E-state index contributed by atoms with van der Waals surface area (Å²) in [5.41, 5.74) is 24.2. The lowest BCUT2D eigenvalue weighted by molar-refractivity contribution is 0.660. The fourth-order valence-electron chi connectivity index (χ4n) is 11.8. The highest BCUT2D eigenvalue weighted by Crippen LogP contribution is 2.63. The first-order valence-corrected chi connectivity index (χ1v) is 22.7. The van der Waals surface area contributed by atoms with Gasteiger partial charge in [0.1, 0.15) is 5.82 Å². The van der Waals surface area contributed by atoms with Crippen LogP contribution in [0.15, 0.2) is 231 Å². The number of hydrogen-bond acceptors (Lipinski definition) is 2. The zero-order chi connectivity index (χ0) is 43.3. The van der Waals surface area contributed by atoms with Crippen molar-refractivity contribution < 1.29 is 0 Å². The minimum atomic E-state index is -0.482. The molecule has 65 heavy (non-hydrogen) atoms. The van der Waals surface area contributed by atoms with Crippen LogP contribution in [-0.2, 0) is 10.8 Å². The maximum atomic E-state index is 5.48. The summed E-state index contributed by atoms with van der Waals surface area (Å²) in [6.07, 6.45) is 2.09. The Bertz CT molecular complexity index is 3450. The molecule has 2 nitrogen and oxygen atoms in total. The van der Waals surface area contributed by atoms with Gasteiger partial charge in [0.05, 0.1) is 11.1 Å². The summed E-state index contributed by atoms with van der Waals surface area (Å²) < 4.78 is 0. The van der Waals surface area contributed by atoms with E-state index in [1.807, 2.05) is 0 Å². The van der Waals surface area contributed by atoms with Crippen molar-refractivity contribution in [3.05, 3.63) is 264 Å². The van der Waals surface area contributed by atoms with Gasteiger partial charge in [-0.25, -0.2) is 4.98 Å². The first kappa shape index (κ1) is 37.5. The van der Waals surface area contributed by atoms with E-state index in [0.29, 0.717) is 0 Å².